The average molecular weight is 674 g/mol. The van der Waals surface area contributed by atoms with Gasteiger partial charge in [0.15, 0.2) is 0 Å². The predicted octanol–water partition coefficient (Wildman–Crippen LogP) is 12.7. The lowest BCUT2D eigenvalue weighted by Crippen LogP contribution is -1.98. The Morgan fingerprint density at radius 2 is 0.962 bits per heavy atom. The molecule has 10 rings (SSSR count). The third-order valence-corrected chi connectivity index (χ3v) is 10.4. The first-order chi connectivity index (χ1) is 26.3. The molecule has 0 aliphatic carbocycles. The van der Waals surface area contributed by atoms with Crippen molar-refractivity contribution in [3.05, 3.63) is 205 Å². The molecule has 0 atom stereocenters. The molecule has 1 aromatic heterocycles. The normalized spacial score (nSPS) is 11.4. The molecule has 0 aliphatic heterocycles. The van der Waals surface area contributed by atoms with E-state index in [4.69, 9.17) is 4.98 Å². The van der Waals surface area contributed by atoms with Crippen LogP contribution in [0.25, 0.3) is 82.7 Å². The van der Waals surface area contributed by atoms with Crippen molar-refractivity contribution in [3.63, 3.8) is 0 Å². The number of benzene rings is 9. The van der Waals surface area contributed by atoms with Crippen LogP contribution in [0, 0.1) is 11.3 Å². The summed E-state index contributed by atoms with van der Waals surface area (Å²) >= 11 is 0. The molecule has 0 radical (unpaired) electrons. The predicted molar refractivity (Wildman–Crippen MR) is 220 cm³/mol. The van der Waals surface area contributed by atoms with Gasteiger partial charge in [0, 0.05) is 27.6 Å². The maximum atomic E-state index is 10.5. The second kappa shape index (κ2) is 12.5. The molecule has 0 amide bonds. The quantitative estimate of drug-likeness (QED) is 0.100. The SMILES string of the molecule is N#CC(=C(c1ccccc1)c1ccccc1)c1ccc(-c2ccc(-c3nc4c5cccc6ccc7cccc(c7c65)c4n3-c3ccccc3)cc2)cc1. The Hall–Kier alpha value is -7.28. The standard InChI is InChI=1S/C50H31N3/c51-32-44(45(36-12-4-1-5-13-36)37-14-6-2-7-15-37)35-26-22-33(23-27-35)34-24-30-40(31-25-34)50-52-48-42-20-10-16-38-28-29-39-17-11-21-43(47(39)46(38)42)49(48)53(50)41-18-8-3-9-19-41/h1-31H. The Bertz CT molecular complexity index is 2960. The number of nitrogens with zero attached hydrogens (tertiary/aromatic N) is 3. The van der Waals surface area contributed by atoms with E-state index in [1.165, 1.54) is 32.3 Å². The van der Waals surface area contributed by atoms with Crippen molar-refractivity contribution in [2.45, 2.75) is 0 Å². The van der Waals surface area contributed by atoms with E-state index in [2.05, 4.69) is 162 Å². The molecule has 0 N–H and O–H groups in total. The van der Waals surface area contributed by atoms with Crippen molar-refractivity contribution in [2.24, 2.45) is 0 Å². The van der Waals surface area contributed by atoms with Gasteiger partial charge in [-0.3, -0.25) is 4.57 Å². The van der Waals surface area contributed by atoms with Crippen molar-refractivity contribution in [2.75, 3.05) is 0 Å². The molecule has 10 aromatic rings. The molecule has 0 bridgehead atoms. The zero-order valence-electron chi connectivity index (χ0n) is 28.7. The number of nitriles is 1. The number of fused-ring (bicyclic) bond motifs is 3. The Morgan fingerprint density at radius 1 is 0.453 bits per heavy atom. The third-order valence-electron chi connectivity index (χ3n) is 10.4. The minimum absolute atomic E-state index is 0.648. The molecule has 0 saturated carbocycles. The fourth-order valence-electron chi connectivity index (χ4n) is 8.00. The van der Waals surface area contributed by atoms with E-state index in [0.717, 1.165) is 61.5 Å². The Morgan fingerprint density at radius 3 is 1.55 bits per heavy atom. The molecule has 0 spiro atoms. The highest BCUT2D eigenvalue weighted by Gasteiger charge is 2.22. The van der Waals surface area contributed by atoms with Crippen molar-refractivity contribution < 1.29 is 0 Å². The number of para-hydroxylation sites is 1. The van der Waals surface area contributed by atoms with E-state index in [0.29, 0.717) is 5.57 Å². The van der Waals surface area contributed by atoms with Crippen molar-refractivity contribution in [1.82, 2.24) is 9.55 Å². The maximum Gasteiger partial charge on any atom is 0.145 e. The van der Waals surface area contributed by atoms with Gasteiger partial charge in [0.25, 0.3) is 0 Å². The molecule has 3 heteroatoms. The highest BCUT2D eigenvalue weighted by Crippen LogP contribution is 2.43. The summed E-state index contributed by atoms with van der Waals surface area (Å²) < 4.78 is 2.33. The number of aromatic nitrogens is 2. The summed E-state index contributed by atoms with van der Waals surface area (Å²) in [5.41, 5.74) is 10.9. The van der Waals surface area contributed by atoms with Gasteiger partial charge in [0.1, 0.15) is 11.9 Å². The van der Waals surface area contributed by atoms with Crippen LogP contribution in [0.15, 0.2) is 188 Å². The van der Waals surface area contributed by atoms with Gasteiger partial charge in [-0.05, 0) is 61.5 Å². The average Bonchev–Trinajstić information content (AvgIpc) is 3.65. The maximum absolute atomic E-state index is 10.5. The minimum Gasteiger partial charge on any atom is -0.292 e. The summed E-state index contributed by atoms with van der Waals surface area (Å²) in [6, 6.07) is 68.0. The van der Waals surface area contributed by atoms with Crippen LogP contribution in [0.1, 0.15) is 16.7 Å². The van der Waals surface area contributed by atoms with Crippen molar-refractivity contribution in [1.29, 1.82) is 5.26 Å². The van der Waals surface area contributed by atoms with E-state index in [9.17, 15) is 5.26 Å². The Labute approximate surface area is 307 Å². The van der Waals surface area contributed by atoms with Gasteiger partial charge in [-0.2, -0.15) is 5.26 Å². The molecule has 9 aromatic carbocycles. The highest BCUT2D eigenvalue weighted by molar-refractivity contribution is 6.32. The molecule has 3 nitrogen and oxygen atoms in total. The van der Waals surface area contributed by atoms with Crippen LogP contribution in [0.5, 0.6) is 0 Å². The zero-order chi connectivity index (χ0) is 35.3. The van der Waals surface area contributed by atoms with E-state index < -0.39 is 0 Å². The molecule has 1 heterocycles. The van der Waals surface area contributed by atoms with Crippen molar-refractivity contribution >= 4 is 54.5 Å². The fourth-order valence-corrected chi connectivity index (χ4v) is 8.00. The molecule has 0 fully saturated rings. The summed E-state index contributed by atoms with van der Waals surface area (Å²) in [6.07, 6.45) is 0. The lowest BCUT2D eigenvalue weighted by atomic mass is 9.89. The van der Waals surface area contributed by atoms with Gasteiger partial charge in [-0.1, -0.05) is 176 Å². The second-order valence-electron chi connectivity index (χ2n) is 13.4. The molecule has 246 valence electrons. The van der Waals surface area contributed by atoms with Crippen LogP contribution in [0.3, 0.4) is 0 Å². The monoisotopic (exact) mass is 673 g/mol. The zero-order valence-corrected chi connectivity index (χ0v) is 28.7. The van der Waals surface area contributed by atoms with Gasteiger partial charge < -0.3 is 0 Å². The minimum atomic E-state index is 0.648. The number of allylic oxidation sites excluding steroid dienone is 1. The molecule has 0 unspecified atom stereocenters. The van der Waals surface area contributed by atoms with Crippen molar-refractivity contribution in [3.8, 4) is 34.3 Å². The van der Waals surface area contributed by atoms with Gasteiger partial charge in [-0.25, -0.2) is 4.98 Å². The third kappa shape index (κ3) is 5.00. The van der Waals surface area contributed by atoms with E-state index in [1.807, 2.05) is 36.4 Å². The number of hydrogen-bond donors (Lipinski definition) is 0. The largest absolute Gasteiger partial charge is 0.292 e. The Balaban J connectivity index is 1.09. The summed E-state index contributed by atoms with van der Waals surface area (Å²) in [6.45, 7) is 0. The van der Waals surface area contributed by atoms with Crippen LogP contribution >= 0.6 is 0 Å². The topological polar surface area (TPSA) is 41.6 Å². The molecular formula is C50H31N3. The lowest BCUT2D eigenvalue weighted by molar-refractivity contribution is 1.11. The highest BCUT2D eigenvalue weighted by atomic mass is 15.1. The van der Waals surface area contributed by atoms with Gasteiger partial charge in [-0.15, -0.1) is 0 Å². The second-order valence-corrected chi connectivity index (χ2v) is 13.4. The number of rotatable bonds is 6. The van der Waals surface area contributed by atoms with E-state index >= 15 is 0 Å². The number of hydrogen-bond acceptors (Lipinski definition) is 2. The Kier molecular flexibility index (Phi) is 7.20. The first-order valence-electron chi connectivity index (χ1n) is 17.9. The lowest BCUT2D eigenvalue weighted by Gasteiger charge is -2.15. The summed E-state index contributed by atoms with van der Waals surface area (Å²) in [7, 11) is 0. The molecule has 0 aliphatic rings. The first-order valence-corrected chi connectivity index (χ1v) is 17.9. The van der Waals surface area contributed by atoms with Crippen LogP contribution in [-0.2, 0) is 0 Å². The summed E-state index contributed by atoms with van der Waals surface area (Å²) in [4.78, 5) is 5.44. The van der Waals surface area contributed by atoms with E-state index in [-0.39, 0.29) is 0 Å². The van der Waals surface area contributed by atoms with Crippen LogP contribution < -0.4 is 0 Å². The van der Waals surface area contributed by atoms with Gasteiger partial charge in [0.05, 0.1) is 16.6 Å². The first kappa shape index (κ1) is 30.5. The fraction of sp³-hybridized carbons (Fsp3) is 0. The molecule has 53 heavy (non-hydrogen) atoms. The molecular weight excluding hydrogens is 643 g/mol. The van der Waals surface area contributed by atoms with Gasteiger partial charge >= 0.3 is 0 Å². The van der Waals surface area contributed by atoms with Crippen LogP contribution in [0.2, 0.25) is 0 Å². The summed E-state index contributed by atoms with van der Waals surface area (Å²) in [5, 5.41) is 17.9. The molecule has 0 saturated heterocycles. The van der Waals surface area contributed by atoms with E-state index in [1.54, 1.807) is 0 Å². The van der Waals surface area contributed by atoms with Crippen LogP contribution in [0.4, 0.5) is 0 Å². The van der Waals surface area contributed by atoms with Gasteiger partial charge in [0.2, 0.25) is 0 Å². The smallest absolute Gasteiger partial charge is 0.145 e. The van der Waals surface area contributed by atoms with Crippen LogP contribution in [-0.4, -0.2) is 9.55 Å². The number of imidazole rings is 1. The summed E-state index contributed by atoms with van der Waals surface area (Å²) in [5.74, 6) is 0.906.